The monoisotopic (exact) mass is 498 g/mol. The number of ether oxygens (including phenoxy) is 1. The van der Waals surface area contributed by atoms with Crippen LogP contribution in [-0.2, 0) is 16.0 Å². The van der Waals surface area contributed by atoms with Crippen LogP contribution in [0.1, 0.15) is 51.7 Å². The molecule has 36 heavy (non-hydrogen) atoms. The number of carboxylic acid groups (broad SMARTS) is 1. The Hall–Kier alpha value is -3.54. The lowest BCUT2D eigenvalue weighted by atomic mass is 9.87. The van der Waals surface area contributed by atoms with Crippen molar-refractivity contribution in [3.8, 4) is 12.3 Å². The molecule has 2 aromatic carbocycles. The van der Waals surface area contributed by atoms with E-state index in [1.165, 1.54) is 6.42 Å². The minimum absolute atomic E-state index is 0.127. The van der Waals surface area contributed by atoms with Crippen molar-refractivity contribution in [1.82, 2.24) is 0 Å². The van der Waals surface area contributed by atoms with Gasteiger partial charge in [-0.25, -0.2) is 4.79 Å². The molecule has 2 rings (SSSR count). The molecule has 0 aliphatic carbocycles. The summed E-state index contributed by atoms with van der Waals surface area (Å²) in [7, 11) is 0. The maximum Gasteiger partial charge on any atom is 0.411 e. The zero-order valence-corrected chi connectivity index (χ0v) is 21.5. The van der Waals surface area contributed by atoms with Gasteiger partial charge in [0.1, 0.15) is 18.2 Å². The molecule has 0 heterocycles. The van der Waals surface area contributed by atoms with Gasteiger partial charge in [0.25, 0.3) is 0 Å². The van der Waals surface area contributed by atoms with E-state index in [4.69, 9.17) is 11.2 Å². The number of nitrogens with one attached hydrogen (secondary N) is 2. The number of anilines is 2. The number of terminal acetylenes is 1. The van der Waals surface area contributed by atoms with Crippen molar-refractivity contribution < 1.29 is 29.6 Å². The maximum absolute atomic E-state index is 12.0. The van der Waals surface area contributed by atoms with Crippen LogP contribution in [0.25, 0.3) is 0 Å². The zero-order valence-electron chi connectivity index (χ0n) is 21.5. The van der Waals surface area contributed by atoms with Crippen LogP contribution in [0.3, 0.4) is 0 Å². The third-order valence-electron chi connectivity index (χ3n) is 5.53. The molecular formula is C28H38N2O6. The molecule has 0 aromatic heterocycles. The molecule has 5 N–H and O–H groups in total. The summed E-state index contributed by atoms with van der Waals surface area (Å²) >= 11 is 0. The lowest BCUT2D eigenvalue weighted by molar-refractivity contribution is -0.154. The van der Waals surface area contributed by atoms with Gasteiger partial charge in [-0.15, -0.1) is 6.42 Å². The molecule has 8 nitrogen and oxygen atoms in total. The number of hydrogen-bond acceptors (Lipinski definition) is 6. The summed E-state index contributed by atoms with van der Waals surface area (Å²) in [5.74, 6) is 0.962. The van der Waals surface area contributed by atoms with Crippen LogP contribution in [0.2, 0.25) is 0 Å². The average molecular weight is 499 g/mol. The molecule has 8 heteroatoms. The quantitative estimate of drug-likeness (QED) is 0.224. The summed E-state index contributed by atoms with van der Waals surface area (Å²) in [5, 5.41) is 34.1. The van der Waals surface area contributed by atoms with E-state index in [-0.39, 0.29) is 12.3 Å². The molecule has 0 bridgehead atoms. The summed E-state index contributed by atoms with van der Waals surface area (Å²) in [4.78, 5) is 23.4. The highest BCUT2D eigenvalue weighted by Crippen LogP contribution is 2.23. The number of aliphatic hydroxyl groups is 2. The first kappa shape index (κ1) is 30.5. The number of rotatable bonds is 11. The number of benzene rings is 2. The highest BCUT2D eigenvalue weighted by molar-refractivity contribution is 5.85. The fourth-order valence-corrected chi connectivity index (χ4v) is 2.95. The predicted octanol–water partition coefficient (Wildman–Crippen LogP) is 4.72. The number of aliphatic carboxylic acids is 1. The topological polar surface area (TPSA) is 128 Å². The van der Waals surface area contributed by atoms with E-state index in [2.05, 4.69) is 30.4 Å². The van der Waals surface area contributed by atoms with Crippen molar-refractivity contribution in [2.75, 3.05) is 23.8 Å². The van der Waals surface area contributed by atoms with Gasteiger partial charge in [0.15, 0.2) is 0 Å². The van der Waals surface area contributed by atoms with Gasteiger partial charge in [-0.2, -0.15) is 0 Å². The molecule has 0 radical (unpaired) electrons. The SMILES string of the molecule is C#CC(C)C(O)Nc1ccc(Cc2ccc(NC(=O)OCC(CC)(CO)C(=O)O)cc2)cc1.CCC. The standard InChI is InChI=1S/C25H30N2O6.C3H8/c1-4-17(3)22(29)26-20-10-6-18(7-11-20)14-19-8-12-21(13-9-19)27-24(32)33-16-25(5-2,15-28)23(30)31;1-3-2/h1,6-13,17,22,26,28-29H,5,14-16H2,2-3H3,(H,27,32)(H,30,31);3H2,1-2H3. The normalized spacial score (nSPS) is 13.6. The van der Waals surface area contributed by atoms with E-state index >= 15 is 0 Å². The van der Waals surface area contributed by atoms with E-state index in [9.17, 15) is 24.9 Å². The van der Waals surface area contributed by atoms with Crippen LogP contribution in [0.4, 0.5) is 16.2 Å². The molecular weight excluding hydrogens is 460 g/mol. The molecule has 196 valence electrons. The number of carbonyl (C=O) groups is 2. The van der Waals surface area contributed by atoms with E-state index in [0.29, 0.717) is 12.1 Å². The van der Waals surface area contributed by atoms with Gasteiger partial charge in [0, 0.05) is 11.4 Å². The summed E-state index contributed by atoms with van der Waals surface area (Å²) in [6.07, 6.45) is 5.75. The molecule has 0 saturated heterocycles. The number of aliphatic hydroxyl groups excluding tert-OH is 2. The third-order valence-corrected chi connectivity index (χ3v) is 5.53. The molecule has 3 atom stereocenters. The van der Waals surface area contributed by atoms with Crippen LogP contribution in [0.5, 0.6) is 0 Å². The van der Waals surface area contributed by atoms with Gasteiger partial charge in [-0.1, -0.05) is 57.4 Å². The lowest BCUT2D eigenvalue weighted by Crippen LogP contribution is -2.40. The van der Waals surface area contributed by atoms with Gasteiger partial charge in [0.2, 0.25) is 0 Å². The minimum atomic E-state index is -1.51. The fraction of sp³-hybridized carbons (Fsp3) is 0.429. The van der Waals surface area contributed by atoms with Crippen molar-refractivity contribution in [3.05, 3.63) is 59.7 Å². The Morgan fingerprint density at radius 2 is 1.53 bits per heavy atom. The van der Waals surface area contributed by atoms with Gasteiger partial charge < -0.3 is 25.4 Å². The third kappa shape index (κ3) is 9.61. The molecule has 0 fully saturated rings. The highest BCUT2D eigenvalue weighted by Gasteiger charge is 2.38. The molecule has 0 aliphatic rings. The van der Waals surface area contributed by atoms with Crippen molar-refractivity contribution >= 4 is 23.4 Å². The first-order valence-electron chi connectivity index (χ1n) is 12.0. The lowest BCUT2D eigenvalue weighted by Gasteiger charge is -2.24. The van der Waals surface area contributed by atoms with E-state index in [0.717, 1.165) is 16.8 Å². The summed E-state index contributed by atoms with van der Waals surface area (Å²) in [6.45, 7) is 6.57. The molecule has 0 saturated carbocycles. The second-order valence-electron chi connectivity index (χ2n) is 8.62. The van der Waals surface area contributed by atoms with E-state index in [1.54, 1.807) is 26.0 Å². The molecule has 1 amide bonds. The number of carbonyl (C=O) groups excluding carboxylic acids is 1. The van der Waals surface area contributed by atoms with Crippen LogP contribution in [0.15, 0.2) is 48.5 Å². The first-order chi connectivity index (χ1) is 17.1. The highest BCUT2D eigenvalue weighted by atomic mass is 16.6. The zero-order chi connectivity index (χ0) is 27.1. The van der Waals surface area contributed by atoms with Crippen LogP contribution >= 0.6 is 0 Å². The second-order valence-corrected chi connectivity index (χ2v) is 8.62. The predicted molar refractivity (Wildman–Crippen MR) is 142 cm³/mol. The van der Waals surface area contributed by atoms with Crippen LogP contribution in [-0.4, -0.2) is 46.8 Å². The summed E-state index contributed by atoms with van der Waals surface area (Å²) in [6, 6.07) is 14.8. The van der Waals surface area contributed by atoms with Crippen molar-refractivity contribution in [3.63, 3.8) is 0 Å². The van der Waals surface area contributed by atoms with Gasteiger partial charge in [-0.3, -0.25) is 10.1 Å². The Kier molecular flexibility index (Phi) is 13.1. The Morgan fingerprint density at radius 3 is 1.94 bits per heavy atom. The fourth-order valence-electron chi connectivity index (χ4n) is 2.95. The van der Waals surface area contributed by atoms with Crippen molar-refractivity contribution in [1.29, 1.82) is 0 Å². The van der Waals surface area contributed by atoms with Crippen LogP contribution in [0, 0.1) is 23.7 Å². The number of amides is 1. The van der Waals surface area contributed by atoms with Gasteiger partial charge in [-0.05, 0) is 55.2 Å². The van der Waals surface area contributed by atoms with E-state index < -0.39 is 36.9 Å². The largest absolute Gasteiger partial charge is 0.481 e. The Bertz CT molecular complexity index is 979. The summed E-state index contributed by atoms with van der Waals surface area (Å²) < 4.78 is 5.02. The Balaban J connectivity index is 0.00000205. The molecule has 0 spiro atoms. The molecule has 0 aliphatic heterocycles. The smallest absolute Gasteiger partial charge is 0.411 e. The maximum atomic E-state index is 12.0. The van der Waals surface area contributed by atoms with Gasteiger partial charge >= 0.3 is 12.1 Å². The second kappa shape index (κ2) is 15.5. The average Bonchev–Trinajstić information content (AvgIpc) is 2.87. The van der Waals surface area contributed by atoms with Gasteiger partial charge in [0.05, 0.1) is 12.5 Å². The number of carboxylic acids is 1. The first-order valence-corrected chi connectivity index (χ1v) is 12.0. The Morgan fingerprint density at radius 1 is 1.03 bits per heavy atom. The van der Waals surface area contributed by atoms with Crippen molar-refractivity contribution in [2.45, 2.75) is 53.2 Å². The number of hydrogen-bond donors (Lipinski definition) is 5. The Labute approximate surface area is 213 Å². The summed E-state index contributed by atoms with van der Waals surface area (Å²) in [5.41, 5.74) is 1.84. The minimum Gasteiger partial charge on any atom is -0.481 e. The van der Waals surface area contributed by atoms with E-state index in [1.807, 2.05) is 36.4 Å². The van der Waals surface area contributed by atoms with Crippen molar-refractivity contribution in [2.24, 2.45) is 11.3 Å². The molecule has 3 unspecified atom stereocenters. The van der Waals surface area contributed by atoms with Crippen LogP contribution < -0.4 is 10.6 Å². The molecule has 2 aromatic rings.